The van der Waals surface area contributed by atoms with Gasteiger partial charge in [0.15, 0.2) is 11.5 Å². The standard InChI is InChI=1S/C13H14N4O3/c1-18-9-4-3-5-10(19-2)12(9)20-11-7-16-8(6-17-11)13(14)15/h3-7H,1-2H3,(H3,14,15). The van der Waals surface area contributed by atoms with E-state index in [2.05, 4.69) is 9.97 Å². The number of nitrogens with one attached hydrogen (secondary N) is 1. The van der Waals surface area contributed by atoms with Gasteiger partial charge in [0.05, 0.1) is 26.6 Å². The second kappa shape index (κ2) is 5.87. The lowest BCUT2D eigenvalue weighted by Gasteiger charge is -2.12. The lowest BCUT2D eigenvalue weighted by molar-refractivity contribution is 0.341. The zero-order valence-electron chi connectivity index (χ0n) is 11.1. The van der Waals surface area contributed by atoms with Gasteiger partial charge in [0.2, 0.25) is 11.6 Å². The van der Waals surface area contributed by atoms with Gasteiger partial charge in [-0.3, -0.25) is 5.41 Å². The molecule has 0 saturated carbocycles. The highest BCUT2D eigenvalue weighted by atomic mass is 16.5. The molecule has 7 nitrogen and oxygen atoms in total. The SMILES string of the molecule is COc1cccc(OC)c1Oc1cnc(C(=N)N)cn1. The van der Waals surface area contributed by atoms with E-state index in [1.165, 1.54) is 26.6 Å². The van der Waals surface area contributed by atoms with Crippen molar-refractivity contribution in [3.63, 3.8) is 0 Å². The molecule has 0 amide bonds. The maximum absolute atomic E-state index is 7.25. The van der Waals surface area contributed by atoms with Crippen LogP contribution in [0.25, 0.3) is 0 Å². The van der Waals surface area contributed by atoms with Gasteiger partial charge in [-0.1, -0.05) is 6.07 Å². The number of benzene rings is 1. The van der Waals surface area contributed by atoms with Gasteiger partial charge in [-0.25, -0.2) is 9.97 Å². The lowest BCUT2D eigenvalue weighted by Crippen LogP contribution is -2.13. The van der Waals surface area contributed by atoms with Crippen molar-refractivity contribution in [3.05, 3.63) is 36.3 Å². The Bertz CT molecular complexity index is 591. The molecule has 0 fully saturated rings. The topological polar surface area (TPSA) is 103 Å². The van der Waals surface area contributed by atoms with Crippen molar-refractivity contribution in [1.82, 2.24) is 9.97 Å². The Balaban J connectivity index is 2.31. The molecule has 0 aliphatic carbocycles. The van der Waals surface area contributed by atoms with Crippen molar-refractivity contribution < 1.29 is 14.2 Å². The van der Waals surface area contributed by atoms with Crippen LogP contribution in [0.3, 0.4) is 0 Å². The molecular weight excluding hydrogens is 260 g/mol. The van der Waals surface area contributed by atoms with E-state index in [0.29, 0.717) is 17.2 Å². The Labute approximate surface area is 115 Å². The largest absolute Gasteiger partial charge is 0.493 e. The van der Waals surface area contributed by atoms with E-state index in [1.807, 2.05) is 0 Å². The van der Waals surface area contributed by atoms with Crippen molar-refractivity contribution in [2.45, 2.75) is 0 Å². The molecule has 0 aliphatic rings. The summed E-state index contributed by atoms with van der Waals surface area (Å²) < 4.78 is 16.1. The highest BCUT2D eigenvalue weighted by Crippen LogP contribution is 2.39. The zero-order valence-corrected chi connectivity index (χ0v) is 11.1. The van der Waals surface area contributed by atoms with Gasteiger partial charge in [0, 0.05) is 0 Å². The average Bonchev–Trinajstić information content (AvgIpc) is 2.48. The third-order valence-corrected chi connectivity index (χ3v) is 2.49. The molecule has 104 valence electrons. The first-order valence-electron chi connectivity index (χ1n) is 5.71. The number of hydrogen-bond acceptors (Lipinski definition) is 6. The fraction of sp³-hybridized carbons (Fsp3) is 0.154. The number of ether oxygens (including phenoxy) is 3. The molecule has 0 aliphatic heterocycles. The smallest absolute Gasteiger partial charge is 0.238 e. The van der Waals surface area contributed by atoms with Crippen LogP contribution in [0.2, 0.25) is 0 Å². The number of aromatic nitrogens is 2. The van der Waals surface area contributed by atoms with Crippen LogP contribution in [-0.4, -0.2) is 30.0 Å². The summed E-state index contributed by atoms with van der Waals surface area (Å²) in [4.78, 5) is 8.00. The molecule has 0 spiro atoms. The summed E-state index contributed by atoms with van der Waals surface area (Å²) in [6.07, 6.45) is 2.74. The number of hydrogen-bond donors (Lipinski definition) is 2. The minimum atomic E-state index is -0.154. The molecular formula is C13H14N4O3. The summed E-state index contributed by atoms with van der Waals surface area (Å²) in [6.45, 7) is 0. The zero-order chi connectivity index (χ0) is 14.5. The molecule has 0 radical (unpaired) electrons. The molecule has 0 unspecified atom stereocenters. The number of nitrogen functional groups attached to an aromatic ring is 1. The highest BCUT2D eigenvalue weighted by molar-refractivity contribution is 5.92. The van der Waals surface area contributed by atoms with Crippen molar-refractivity contribution in [2.75, 3.05) is 14.2 Å². The first kappa shape index (κ1) is 13.6. The number of nitrogens with two attached hydrogens (primary N) is 1. The second-order valence-electron chi connectivity index (χ2n) is 3.75. The van der Waals surface area contributed by atoms with E-state index < -0.39 is 0 Å². The third-order valence-electron chi connectivity index (χ3n) is 2.49. The number of amidine groups is 1. The van der Waals surface area contributed by atoms with Crippen LogP contribution in [0.5, 0.6) is 23.1 Å². The minimum Gasteiger partial charge on any atom is -0.493 e. The molecule has 1 aromatic carbocycles. The fourth-order valence-electron chi connectivity index (χ4n) is 1.53. The van der Waals surface area contributed by atoms with Crippen LogP contribution in [0, 0.1) is 5.41 Å². The second-order valence-corrected chi connectivity index (χ2v) is 3.75. The molecule has 0 bridgehead atoms. The number of methoxy groups -OCH3 is 2. The normalized spacial score (nSPS) is 9.90. The number of nitrogens with zero attached hydrogens (tertiary/aromatic N) is 2. The van der Waals surface area contributed by atoms with Crippen molar-refractivity contribution in [3.8, 4) is 23.1 Å². The summed E-state index contributed by atoms with van der Waals surface area (Å²) in [5.41, 5.74) is 5.59. The van der Waals surface area contributed by atoms with Gasteiger partial charge in [-0.05, 0) is 12.1 Å². The predicted molar refractivity (Wildman–Crippen MR) is 72.7 cm³/mol. The van der Waals surface area contributed by atoms with Crippen LogP contribution in [0.1, 0.15) is 5.69 Å². The Morgan fingerprint density at radius 2 is 1.75 bits per heavy atom. The Morgan fingerprint density at radius 1 is 1.10 bits per heavy atom. The van der Waals surface area contributed by atoms with E-state index in [-0.39, 0.29) is 17.4 Å². The first-order chi connectivity index (χ1) is 9.65. The van der Waals surface area contributed by atoms with Crippen molar-refractivity contribution >= 4 is 5.84 Å². The maximum atomic E-state index is 7.25. The molecule has 1 heterocycles. The predicted octanol–water partition coefficient (Wildman–Crippen LogP) is 1.57. The van der Waals surface area contributed by atoms with Crippen molar-refractivity contribution in [1.29, 1.82) is 5.41 Å². The van der Waals surface area contributed by atoms with Gasteiger partial charge in [-0.15, -0.1) is 0 Å². The van der Waals surface area contributed by atoms with Crippen molar-refractivity contribution in [2.24, 2.45) is 5.73 Å². The van der Waals surface area contributed by atoms with E-state index in [0.717, 1.165) is 0 Å². The number of para-hydroxylation sites is 1. The van der Waals surface area contributed by atoms with Crippen LogP contribution in [0.15, 0.2) is 30.6 Å². The molecule has 1 aromatic heterocycles. The fourth-order valence-corrected chi connectivity index (χ4v) is 1.53. The Hall–Kier alpha value is -2.83. The van der Waals surface area contributed by atoms with Crippen LogP contribution < -0.4 is 19.9 Å². The molecule has 7 heteroatoms. The lowest BCUT2D eigenvalue weighted by atomic mass is 10.3. The summed E-state index contributed by atoms with van der Waals surface area (Å²) in [7, 11) is 3.07. The Morgan fingerprint density at radius 3 is 2.20 bits per heavy atom. The van der Waals surface area contributed by atoms with Gasteiger partial charge in [-0.2, -0.15) is 0 Å². The highest BCUT2D eigenvalue weighted by Gasteiger charge is 2.13. The third kappa shape index (κ3) is 2.77. The molecule has 0 saturated heterocycles. The van der Waals surface area contributed by atoms with E-state index in [9.17, 15) is 0 Å². The monoisotopic (exact) mass is 274 g/mol. The minimum absolute atomic E-state index is 0.154. The number of rotatable bonds is 5. The molecule has 0 atom stereocenters. The van der Waals surface area contributed by atoms with Crippen LogP contribution in [-0.2, 0) is 0 Å². The van der Waals surface area contributed by atoms with Gasteiger partial charge in [0.25, 0.3) is 0 Å². The Kier molecular flexibility index (Phi) is 3.99. The van der Waals surface area contributed by atoms with E-state index >= 15 is 0 Å². The quantitative estimate of drug-likeness (QED) is 0.633. The molecule has 2 aromatic rings. The van der Waals surface area contributed by atoms with E-state index in [1.54, 1.807) is 18.2 Å². The summed E-state index contributed by atoms with van der Waals surface area (Å²) in [6, 6.07) is 5.28. The molecule has 2 rings (SSSR count). The average molecular weight is 274 g/mol. The maximum Gasteiger partial charge on any atom is 0.238 e. The molecule has 3 N–H and O–H groups in total. The summed E-state index contributed by atoms with van der Waals surface area (Å²) >= 11 is 0. The van der Waals surface area contributed by atoms with Crippen LogP contribution >= 0.6 is 0 Å². The summed E-state index contributed by atoms with van der Waals surface area (Å²) in [5, 5.41) is 7.25. The van der Waals surface area contributed by atoms with Gasteiger partial charge < -0.3 is 19.9 Å². The first-order valence-corrected chi connectivity index (χ1v) is 5.71. The van der Waals surface area contributed by atoms with Crippen LogP contribution in [0.4, 0.5) is 0 Å². The van der Waals surface area contributed by atoms with Gasteiger partial charge in [0.1, 0.15) is 11.5 Å². The molecule has 20 heavy (non-hydrogen) atoms. The van der Waals surface area contributed by atoms with E-state index in [4.69, 9.17) is 25.4 Å². The van der Waals surface area contributed by atoms with Gasteiger partial charge >= 0.3 is 0 Å². The summed E-state index contributed by atoms with van der Waals surface area (Å²) in [5.74, 6) is 1.53.